The summed E-state index contributed by atoms with van der Waals surface area (Å²) in [5.74, 6) is -0.645. The third-order valence-corrected chi connectivity index (χ3v) is 2.36. The van der Waals surface area contributed by atoms with Crippen molar-refractivity contribution in [2.75, 3.05) is 37.6 Å². The second-order valence-corrected chi connectivity index (χ2v) is 4.05. The molecule has 0 aliphatic carbocycles. The van der Waals surface area contributed by atoms with Crippen molar-refractivity contribution in [3.63, 3.8) is 0 Å². The van der Waals surface area contributed by atoms with Crippen molar-refractivity contribution >= 4 is 23.2 Å². The van der Waals surface area contributed by atoms with Crippen LogP contribution in [-0.2, 0) is 19.1 Å². The van der Waals surface area contributed by atoms with Gasteiger partial charge in [-0.25, -0.2) is 0 Å². The van der Waals surface area contributed by atoms with Gasteiger partial charge in [0.2, 0.25) is 11.8 Å². The molecule has 2 N–H and O–H groups in total. The van der Waals surface area contributed by atoms with Crippen molar-refractivity contribution in [3.05, 3.63) is 24.3 Å². The maximum atomic E-state index is 11.5. The molecule has 21 heavy (non-hydrogen) atoms. The largest absolute Gasteiger partial charge is 0.382 e. The smallest absolute Gasteiger partial charge is 0.250 e. The molecule has 112 valence electrons. The zero-order valence-corrected chi connectivity index (χ0v) is 11.7. The minimum absolute atomic E-state index is 0.0516. The quantitative estimate of drug-likeness (QED) is 0.699. The van der Waals surface area contributed by atoms with Gasteiger partial charge in [-0.05, 0) is 24.3 Å². The van der Waals surface area contributed by atoms with Crippen LogP contribution in [0.5, 0.6) is 0 Å². The Hall–Kier alpha value is -2.43. The number of carbonyl (C=O) groups is 2. The van der Waals surface area contributed by atoms with Crippen LogP contribution in [0.4, 0.5) is 11.4 Å². The van der Waals surface area contributed by atoms with Crippen LogP contribution in [0.2, 0.25) is 0 Å². The molecule has 0 radical (unpaired) electrons. The van der Waals surface area contributed by atoms with Gasteiger partial charge in [0.25, 0.3) is 0 Å². The first-order valence-electron chi connectivity index (χ1n) is 6.29. The molecule has 1 aromatic carbocycles. The van der Waals surface area contributed by atoms with Crippen molar-refractivity contribution in [2.24, 2.45) is 0 Å². The lowest BCUT2D eigenvalue weighted by molar-refractivity contribution is -0.121. The number of nitrogens with zero attached hydrogens (tertiary/aromatic N) is 1. The molecular formula is C14H17N3O4. The van der Waals surface area contributed by atoms with Crippen molar-refractivity contribution < 1.29 is 19.1 Å². The number of benzene rings is 1. The monoisotopic (exact) mass is 291 g/mol. The van der Waals surface area contributed by atoms with Crippen LogP contribution < -0.4 is 10.6 Å². The molecule has 0 aliphatic heterocycles. The Labute approximate surface area is 122 Å². The number of nitrogens with one attached hydrogen (secondary N) is 2. The second kappa shape index (κ2) is 9.47. The van der Waals surface area contributed by atoms with Crippen LogP contribution in [0.1, 0.15) is 6.42 Å². The lowest BCUT2D eigenvalue weighted by Crippen LogP contribution is -2.19. The summed E-state index contributed by atoms with van der Waals surface area (Å²) in [4.78, 5) is 22.8. The minimum Gasteiger partial charge on any atom is -0.382 e. The van der Waals surface area contributed by atoms with E-state index >= 15 is 0 Å². The van der Waals surface area contributed by atoms with Gasteiger partial charge >= 0.3 is 0 Å². The average Bonchev–Trinajstić information content (AvgIpc) is 2.46. The van der Waals surface area contributed by atoms with Crippen LogP contribution in [-0.4, -0.2) is 38.7 Å². The number of hydrogen-bond acceptors (Lipinski definition) is 5. The number of carbonyl (C=O) groups excluding carboxylic acids is 2. The predicted molar refractivity (Wildman–Crippen MR) is 76.6 cm³/mol. The molecule has 7 heteroatoms. The van der Waals surface area contributed by atoms with Crippen LogP contribution in [0, 0.1) is 11.3 Å². The number of amides is 2. The summed E-state index contributed by atoms with van der Waals surface area (Å²) < 4.78 is 9.88. The molecule has 0 unspecified atom stereocenters. The lowest BCUT2D eigenvalue weighted by Gasteiger charge is -2.07. The standard InChI is InChI=1S/C14H17N3O4/c1-20-8-9-21-10-14(19)17-12-4-2-11(3-5-12)16-13(18)6-7-15/h2-5H,6,8-10H2,1H3,(H,16,18)(H,17,19). The number of nitriles is 1. The summed E-state index contributed by atoms with van der Waals surface area (Å²) in [5, 5.41) is 13.6. The number of ether oxygens (including phenoxy) is 2. The third kappa shape index (κ3) is 7.06. The molecule has 0 aliphatic rings. The first kappa shape index (κ1) is 16.6. The fourth-order valence-electron chi connectivity index (χ4n) is 1.42. The summed E-state index contributed by atoms with van der Waals surface area (Å²) in [6.45, 7) is 0.738. The van der Waals surface area contributed by atoms with E-state index in [1.54, 1.807) is 37.4 Å². The summed E-state index contributed by atoms with van der Waals surface area (Å²) in [5.41, 5.74) is 1.15. The van der Waals surface area contributed by atoms with Crippen molar-refractivity contribution in [3.8, 4) is 6.07 Å². The van der Waals surface area contributed by atoms with E-state index in [0.29, 0.717) is 24.6 Å². The highest BCUT2D eigenvalue weighted by Crippen LogP contribution is 2.13. The summed E-state index contributed by atoms with van der Waals surface area (Å²) in [6.07, 6.45) is -0.197. The number of rotatable bonds is 8. The van der Waals surface area contributed by atoms with Gasteiger partial charge in [-0.2, -0.15) is 5.26 Å². The maximum absolute atomic E-state index is 11.5. The number of methoxy groups -OCH3 is 1. The van der Waals surface area contributed by atoms with Gasteiger partial charge in [0.15, 0.2) is 0 Å². The van der Waals surface area contributed by atoms with Crippen LogP contribution in [0.25, 0.3) is 0 Å². The first-order valence-corrected chi connectivity index (χ1v) is 6.29. The van der Waals surface area contributed by atoms with Gasteiger partial charge in [-0.3, -0.25) is 9.59 Å². The molecule has 0 saturated carbocycles. The minimum atomic E-state index is -0.374. The molecule has 0 heterocycles. The normalized spacial score (nSPS) is 9.71. The Balaban J connectivity index is 2.38. The lowest BCUT2D eigenvalue weighted by atomic mass is 10.2. The van der Waals surface area contributed by atoms with Gasteiger partial charge in [0.05, 0.1) is 19.3 Å². The fraction of sp³-hybridized carbons (Fsp3) is 0.357. The fourth-order valence-corrected chi connectivity index (χ4v) is 1.42. The van der Waals surface area contributed by atoms with Gasteiger partial charge in [0.1, 0.15) is 13.0 Å². The molecular weight excluding hydrogens is 274 g/mol. The summed E-state index contributed by atoms with van der Waals surface area (Å²) in [7, 11) is 1.56. The zero-order chi connectivity index (χ0) is 15.5. The van der Waals surface area contributed by atoms with E-state index in [4.69, 9.17) is 14.7 Å². The molecule has 7 nitrogen and oxygen atoms in total. The molecule has 0 bridgehead atoms. The Morgan fingerprint density at radius 2 is 1.67 bits per heavy atom. The van der Waals surface area contributed by atoms with Crippen LogP contribution in [0.3, 0.4) is 0 Å². The Kier molecular flexibility index (Phi) is 7.50. The topological polar surface area (TPSA) is 100 Å². The van der Waals surface area contributed by atoms with Crippen molar-refractivity contribution in [1.82, 2.24) is 0 Å². The van der Waals surface area contributed by atoms with E-state index in [0.717, 1.165) is 0 Å². The van der Waals surface area contributed by atoms with Crippen molar-refractivity contribution in [1.29, 1.82) is 5.26 Å². The van der Waals surface area contributed by atoms with Gasteiger partial charge < -0.3 is 20.1 Å². The SMILES string of the molecule is COCCOCC(=O)Nc1ccc(NC(=O)CC#N)cc1. The molecule has 0 atom stereocenters. The maximum Gasteiger partial charge on any atom is 0.250 e. The molecule has 0 spiro atoms. The molecule has 0 aromatic heterocycles. The van der Waals surface area contributed by atoms with E-state index in [1.165, 1.54) is 0 Å². The highest BCUT2D eigenvalue weighted by Gasteiger charge is 2.04. The number of anilines is 2. The molecule has 1 aromatic rings. The first-order chi connectivity index (χ1) is 10.2. The highest BCUT2D eigenvalue weighted by molar-refractivity contribution is 5.94. The number of hydrogen-bond donors (Lipinski definition) is 2. The Morgan fingerprint density at radius 1 is 1.10 bits per heavy atom. The summed E-state index contributed by atoms with van der Waals surface area (Å²) >= 11 is 0. The van der Waals surface area contributed by atoms with Crippen LogP contribution >= 0.6 is 0 Å². The van der Waals surface area contributed by atoms with Crippen LogP contribution in [0.15, 0.2) is 24.3 Å². The van der Waals surface area contributed by atoms with E-state index in [9.17, 15) is 9.59 Å². The van der Waals surface area contributed by atoms with E-state index < -0.39 is 0 Å². The van der Waals surface area contributed by atoms with Crippen molar-refractivity contribution in [2.45, 2.75) is 6.42 Å². The van der Waals surface area contributed by atoms with Gasteiger partial charge in [-0.15, -0.1) is 0 Å². The van der Waals surface area contributed by atoms with E-state index in [2.05, 4.69) is 10.6 Å². The molecule has 0 fully saturated rings. The molecule has 2 amide bonds. The van der Waals surface area contributed by atoms with E-state index in [1.807, 2.05) is 0 Å². The van der Waals surface area contributed by atoms with E-state index in [-0.39, 0.29) is 24.8 Å². The van der Waals surface area contributed by atoms with Gasteiger partial charge in [-0.1, -0.05) is 0 Å². The molecule has 0 saturated heterocycles. The zero-order valence-electron chi connectivity index (χ0n) is 11.7. The predicted octanol–water partition coefficient (Wildman–Crippen LogP) is 1.14. The average molecular weight is 291 g/mol. The van der Waals surface area contributed by atoms with Gasteiger partial charge in [0, 0.05) is 18.5 Å². The molecule has 1 rings (SSSR count). The third-order valence-electron chi connectivity index (χ3n) is 2.36. The highest BCUT2D eigenvalue weighted by atomic mass is 16.5. The second-order valence-electron chi connectivity index (χ2n) is 4.05. The Bertz CT molecular complexity index is 508. The summed E-state index contributed by atoms with van der Waals surface area (Å²) in [6, 6.07) is 8.33. The Morgan fingerprint density at radius 3 is 2.19 bits per heavy atom.